The summed E-state index contributed by atoms with van der Waals surface area (Å²) in [4.78, 5) is 29.4. The summed E-state index contributed by atoms with van der Waals surface area (Å²) in [5.74, 6) is 0.991. The van der Waals surface area contributed by atoms with Gasteiger partial charge >= 0.3 is 0 Å². The van der Waals surface area contributed by atoms with Gasteiger partial charge in [-0.25, -0.2) is 0 Å². The summed E-state index contributed by atoms with van der Waals surface area (Å²) < 4.78 is 12.2. The molecule has 0 aromatic heterocycles. The van der Waals surface area contributed by atoms with Crippen molar-refractivity contribution in [3.05, 3.63) is 88.8 Å². The van der Waals surface area contributed by atoms with E-state index in [1.807, 2.05) is 36.4 Å². The Labute approximate surface area is 249 Å². The second-order valence-corrected chi connectivity index (χ2v) is 11.0. The minimum atomic E-state index is -0.556. The number of primary amides is 1. The third kappa shape index (κ3) is 7.22. The fraction of sp³-hybridized carbons (Fsp3) is 0.233. The van der Waals surface area contributed by atoms with Crippen LogP contribution in [0, 0.1) is 0 Å². The highest BCUT2D eigenvalue weighted by atomic mass is 35.5. The van der Waals surface area contributed by atoms with Crippen LogP contribution in [0.15, 0.2) is 77.7 Å². The highest BCUT2D eigenvalue weighted by Crippen LogP contribution is 2.37. The fourth-order valence-corrected chi connectivity index (χ4v) is 5.83. The van der Waals surface area contributed by atoms with Crippen molar-refractivity contribution in [2.45, 2.75) is 19.3 Å². The predicted molar refractivity (Wildman–Crippen MR) is 167 cm³/mol. The van der Waals surface area contributed by atoms with Gasteiger partial charge in [-0.15, -0.1) is 12.4 Å². The lowest BCUT2D eigenvalue weighted by Crippen LogP contribution is -2.27. The van der Waals surface area contributed by atoms with E-state index in [2.05, 4.69) is 4.90 Å². The number of amides is 2. The van der Waals surface area contributed by atoms with E-state index in [0.29, 0.717) is 38.6 Å². The monoisotopic (exact) mass is 595 g/mol. The third-order valence-corrected chi connectivity index (χ3v) is 7.84. The van der Waals surface area contributed by atoms with Crippen molar-refractivity contribution in [3.63, 3.8) is 0 Å². The van der Waals surface area contributed by atoms with Crippen LogP contribution in [-0.4, -0.2) is 47.3 Å². The molecule has 2 saturated heterocycles. The quantitative estimate of drug-likeness (QED) is 0.168. The molecule has 3 aromatic rings. The number of halogens is 1. The third-order valence-electron chi connectivity index (χ3n) is 6.53. The summed E-state index contributed by atoms with van der Waals surface area (Å²) >= 11 is 6.79. The summed E-state index contributed by atoms with van der Waals surface area (Å²) in [7, 11) is 0. The van der Waals surface area contributed by atoms with Gasteiger partial charge in [-0.3, -0.25) is 14.5 Å². The lowest BCUT2D eigenvalue weighted by atomic mass is 10.2. The van der Waals surface area contributed by atoms with Gasteiger partial charge in [0.1, 0.15) is 17.2 Å². The molecular formula is C30H30ClN3O4S2. The van der Waals surface area contributed by atoms with E-state index in [-0.39, 0.29) is 18.3 Å². The zero-order valence-corrected chi connectivity index (χ0v) is 24.2. The Kier molecular flexibility index (Phi) is 10.2. The highest BCUT2D eigenvalue weighted by molar-refractivity contribution is 8.27. The van der Waals surface area contributed by atoms with Crippen LogP contribution in [0.3, 0.4) is 0 Å². The van der Waals surface area contributed by atoms with Crippen molar-refractivity contribution >= 4 is 64.3 Å². The van der Waals surface area contributed by atoms with Crippen molar-refractivity contribution in [1.29, 1.82) is 0 Å². The SMILES string of the molecule is Cl.NC(=O)c1ccccc1Oc1ccc(/C=C2\SC(=S)N(c3ccc(OCCCN4CCCC4)cc3)C2=O)cc1. The lowest BCUT2D eigenvalue weighted by Gasteiger charge is -2.16. The Bertz CT molecular complexity index is 1390. The van der Waals surface area contributed by atoms with Crippen LogP contribution in [0.5, 0.6) is 17.2 Å². The minimum absolute atomic E-state index is 0. The van der Waals surface area contributed by atoms with E-state index in [0.717, 1.165) is 24.3 Å². The van der Waals surface area contributed by atoms with Crippen LogP contribution >= 0.6 is 36.4 Å². The first-order chi connectivity index (χ1) is 19.0. The first kappa shape index (κ1) is 29.6. The number of carbonyl (C=O) groups excluding carboxylic acids is 2. The average molecular weight is 596 g/mol. The fourth-order valence-electron chi connectivity index (χ4n) is 4.54. The molecule has 208 valence electrons. The Morgan fingerprint density at radius 1 is 0.975 bits per heavy atom. The van der Waals surface area contributed by atoms with Crippen molar-refractivity contribution in [2.24, 2.45) is 5.73 Å². The molecule has 0 bridgehead atoms. The number of hydrogen-bond donors (Lipinski definition) is 1. The van der Waals surface area contributed by atoms with Crippen LogP contribution in [-0.2, 0) is 4.79 Å². The maximum absolute atomic E-state index is 13.2. The lowest BCUT2D eigenvalue weighted by molar-refractivity contribution is -0.113. The number of nitrogens with two attached hydrogens (primary N) is 1. The Morgan fingerprint density at radius 2 is 1.65 bits per heavy atom. The van der Waals surface area contributed by atoms with E-state index in [4.69, 9.17) is 27.4 Å². The molecule has 3 aromatic carbocycles. The molecule has 0 spiro atoms. The van der Waals surface area contributed by atoms with Crippen LogP contribution in [0.2, 0.25) is 0 Å². The summed E-state index contributed by atoms with van der Waals surface area (Å²) in [6, 6.07) is 21.5. The van der Waals surface area contributed by atoms with Crippen molar-refractivity contribution in [1.82, 2.24) is 4.90 Å². The maximum Gasteiger partial charge on any atom is 0.270 e. The molecule has 2 heterocycles. The second kappa shape index (κ2) is 13.8. The van der Waals surface area contributed by atoms with Crippen LogP contribution in [0.1, 0.15) is 35.2 Å². The molecule has 5 rings (SSSR count). The largest absolute Gasteiger partial charge is 0.494 e. The highest BCUT2D eigenvalue weighted by Gasteiger charge is 2.33. The van der Waals surface area contributed by atoms with Crippen LogP contribution in [0.25, 0.3) is 6.08 Å². The summed E-state index contributed by atoms with van der Waals surface area (Å²) in [5, 5.41) is 0. The molecule has 0 aliphatic carbocycles. The molecule has 2 fully saturated rings. The first-order valence-corrected chi connectivity index (χ1v) is 14.1. The molecular weight excluding hydrogens is 566 g/mol. The number of thiocarbonyl (C=S) groups is 1. The van der Waals surface area contributed by atoms with Gasteiger partial charge in [0.25, 0.3) is 11.8 Å². The molecule has 2 amide bonds. The van der Waals surface area contributed by atoms with E-state index < -0.39 is 5.91 Å². The minimum Gasteiger partial charge on any atom is -0.494 e. The molecule has 0 radical (unpaired) electrons. The zero-order chi connectivity index (χ0) is 27.2. The van der Waals surface area contributed by atoms with E-state index >= 15 is 0 Å². The molecule has 7 nitrogen and oxygen atoms in total. The van der Waals surface area contributed by atoms with Gasteiger partial charge in [-0.05, 0) is 92.5 Å². The zero-order valence-electron chi connectivity index (χ0n) is 21.8. The second-order valence-electron chi connectivity index (χ2n) is 9.29. The standard InChI is InChI=1S/C30H29N3O4S2.ClH/c31-28(34)25-6-1-2-7-26(25)37-24-12-8-21(9-13-24)20-27-29(35)33(30(38)39-27)22-10-14-23(15-11-22)36-19-5-18-32-16-3-4-17-32;/h1-2,6-15,20H,3-5,16-19H2,(H2,31,34);1H/b27-20-;. The Hall–Kier alpha value is -3.37. The summed E-state index contributed by atoms with van der Waals surface area (Å²) in [6.07, 6.45) is 5.39. The van der Waals surface area contributed by atoms with E-state index in [1.165, 1.54) is 37.7 Å². The molecule has 0 unspecified atom stereocenters. The predicted octanol–water partition coefficient (Wildman–Crippen LogP) is 6.27. The Balaban J connectivity index is 0.00000370. The number of thioether (sulfide) groups is 1. The van der Waals surface area contributed by atoms with Gasteiger partial charge < -0.3 is 20.1 Å². The first-order valence-electron chi connectivity index (χ1n) is 12.9. The number of para-hydroxylation sites is 1. The average Bonchev–Trinajstić information content (AvgIpc) is 3.56. The van der Waals surface area contributed by atoms with Crippen molar-refractivity contribution in [3.8, 4) is 17.2 Å². The smallest absolute Gasteiger partial charge is 0.270 e. The summed E-state index contributed by atoms with van der Waals surface area (Å²) in [6.45, 7) is 4.13. The number of nitrogens with zero attached hydrogens (tertiary/aromatic N) is 2. The normalized spacial score (nSPS) is 16.3. The van der Waals surface area contributed by atoms with Gasteiger partial charge in [0.05, 0.1) is 22.8 Å². The molecule has 10 heteroatoms. The number of likely N-dealkylation sites (tertiary alicyclic amines) is 1. The molecule has 2 N–H and O–H groups in total. The van der Waals surface area contributed by atoms with Gasteiger partial charge in [0.15, 0.2) is 4.32 Å². The molecule has 2 aliphatic heterocycles. The number of anilines is 1. The summed E-state index contributed by atoms with van der Waals surface area (Å²) in [5.41, 5.74) is 7.27. The molecule has 40 heavy (non-hydrogen) atoms. The van der Waals surface area contributed by atoms with Crippen molar-refractivity contribution < 1.29 is 19.1 Å². The van der Waals surface area contributed by atoms with Gasteiger partial charge in [-0.2, -0.15) is 0 Å². The number of hydrogen-bond acceptors (Lipinski definition) is 7. The molecule has 0 saturated carbocycles. The Morgan fingerprint density at radius 3 is 2.35 bits per heavy atom. The number of carbonyl (C=O) groups is 2. The van der Waals surface area contributed by atoms with Gasteiger partial charge in [0.2, 0.25) is 0 Å². The number of benzene rings is 3. The number of rotatable bonds is 10. The van der Waals surface area contributed by atoms with Gasteiger partial charge in [0, 0.05) is 6.54 Å². The van der Waals surface area contributed by atoms with Crippen molar-refractivity contribution in [2.75, 3.05) is 31.1 Å². The molecule has 2 aliphatic rings. The molecule has 0 atom stereocenters. The number of ether oxygens (including phenoxy) is 2. The maximum atomic E-state index is 13.2. The van der Waals surface area contributed by atoms with Crippen LogP contribution < -0.4 is 20.1 Å². The van der Waals surface area contributed by atoms with Gasteiger partial charge in [-0.1, -0.05) is 48.2 Å². The topological polar surface area (TPSA) is 85.1 Å². The van der Waals surface area contributed by atoms with Crippen LogP contribution in [0.4, 0.5) is 5.69 Å². The van der Waals surface area contributed by atoms with E-state index in [1.54, 1.807) is 47.4 Å². The van der Waals surface area contributed by atoms with E-state index in [9.17, 15) is 9.59 Å².